The first-order valence-corrected chi connectivity index (χ1v) is 10.4. The number of nitrogens with one attached hydrogen (secondary N) is 2. The maximum absolute atomic E-state index is 12.2. The zero-order valence-electron chi connectivity index (χ0n) is 14.8. The van der Waals surface area contributed by atoms with Crippen molar-refractivity contribution in [3.05, 3.63) is 47.7 Å². The number of benzene rings is 1. The molecule has 2 N–H and O–H groups in total. The summed E-state index contributed by atoms with van der Waals surface area (Å²) in [5.41, 5.74) is 2.28. The van der Waals surface area contributed by atoms with Crippen LogP contribution in [-0.2, 0) is 9.84 Å². The molecular weight excluding hydrogens is 352 g/mol. The van der Waals surface area contributed by atoms with Crippen molar-refractivity contribution in [3.8, 4) is 0 Å². The molecule has 1 fully saturated rings. The first-order valence-electron chi connectivity index (χ1n) is 8.55. The summed E-state index contributed by atoms with van der Waals surface area (Å²) in [5, 5.41) is 13.9. The van der Waals surface area contributed by atoms with Crippen LogP contribution in [0, 0.1) is 0 Å². The van der Waals surface area contributed by atoms with Crippen molar-refractivity contribution >= 4 is 27.2 Å². The molecule has 1 saturated heterocycles. The van der Waals surface area contributed by atoms with E-state index in [4.69, 9.17) is 0 Å². The average Bonchev–Trinajstić information content (AvgIpc) is 2.94. The molecule has 1 aliphatic rings. The standard InChI is InChI=1S/C18H22N4O3S/c1-12(2)14-5-3-4-6-15(14)20-17-8-7-16(21-22-17)18(23)19-13-9-10-26(24,25)11-13/h3-8,12-13H,9-11H2,1-2H3,(H,19,23)(H,20,22). The second-order valence-corrected chi connectivity index (χ2v) is 8.97. The van der Waals surface area contributed by atoms with Crippen molar-refractivity contribution < 1.29 is 13.2 Å². The minimum Gasteiger partial charge on any atom is -0.347 e. The maximum atomic E-state index is 12.2. The number of para-hydroxylation sites is 1. The molecule has 0 saturated carbocycles. The van der Waals surface area contributed by atoms with Gasteiger partial charge in [0.25, 0.3) is 5.91 Å². The van der Waals surface area contributed by atoms with Crippen molar-refractivity contribution in [2.75, 3.05) is 16.8 Å². The number of rotatable bonds is 5. The summed E-state index contributed by atoms with van der Waals surface area (Å²) >= 11 is 0. The van der Waals surface area contributed by atoms with E-state index in [2.05, 4.69) is 40.7 Å². The zero-order chi connectivity index (χ0) is 18.7. The Labute approximate surface area is 153 Å². The molecule has 1 amide bonds. The third-order valence-corrected chi connectivity index (χ3v) is 6.08. The Bertz CT molecular complexity index is 895. The third kappa shape index (κ3) is 4.37. The molecule has 0 aliphatic carbocycles. The molecule has 8 heteroatoms. The highest BCUT2D eigenvalue weighted by molar-refractivity contribution is 7.91. The fraction of sp³-hybridized carbons (Fsp3) is 0.389. The lowest BCUT2D eigenvalue weighted by molar-refractivity contribution is 0.0935. The summed E-state index contributed by atoms with van der Waals surface area (Å²) in [5.74, 6) is 0.589. The van der Waals surface area contributed by atoms with Gasteiger partial charge in [-0.15, -0.1) is 10.2 Å². The van der Waals surface area contributed by atoms with Gasteiger partial charge in [0.1, 0.15) is 0 Å². The van der Waals surface area contributed by atoms with Crippen LogP contribution in [0.5, 0.6) is 0 Å². The highest BCUT2D eigenvalue weighted by atomic mass is 32.2. The van der Waals surface area contributed by atoms with Crippen LogP contribution >= 0.6 is 0 Å². The van der Waals surface area contributed by atoms with E-state index in [0.29, 0.717) is 18.2 Å². The molecule has 1 aromatic heterocycles. The van der Waals surface area contributed by atoms with E-state index in [1.54, 1.807) is 12.1 Å². The molecule has 0 spiro atoms. The summed E-state index contributed by atoms with van der Waals surface area (Å²) in [6.45, 7) is 4.23. The molecule has 1 atom stereocenters. The fourth-order valence-corrected chi connectivity index (χ4v) is 4.61. The van der Waals surface area contributed by atoms with Gasteiger partial charge in [-0.2, -0.15) is 0 Å². The SMILES string of the molecule is CC(C)c1ccccc1Nc1ccc(C(=O)NC2CCS(=O)(=O)C2)nn1. The minimum atomic E-state index is -3.04. The Morgan fingerprint density at radius 3 is 2.54 bits per heavy atom. The molecule has 0 bridgehead atoms. The number of hydrogen-bond donors (Lipinski definition) is 2. The second-order valence-electron chi connectivity index (χ2n) is 6.74. The Kier molecular flexibility index (Phi) is 5.22. The van der Waals surface area contributed by atoms with E-state index >= 15 is 0 Å². The molecule has 0 radical (unpaired) electrons. The fourth-order valence-electron chi connectivity index (χ4n) is 2.94. The number of amides is 1. The van der Waals surface area contributed by atoms with Gasteiger partial charge in [-0.05, 0) is 36.1 Å². The topological polar surface area (TPSA) is 101 Å². The summed E-state index contributed by atoms with van der Waals surface area (Å²) in [4.78, 5) is 12.2. The van der Waals surface area contributed by atoms with Crippen molar-refractivity contribution in [2.24, 2.45) is 0 Å². The monoisotopic (exact) mass is 374 g/mol. The zero-order valence-corrected chi connectivity index (χ0v) is 15.6. The van der Waals surface area contributed by atoms with Crippen LogP contribution in [0.15, 0.2) is 36.4 Å². The highest BCUT2D eigenvalue weighted by Gasteiger charge is 2.29. The predicted molar refractivity (Wildman–Crippen MR) is 100 cm³/mol. The van der Waals surface area contributed by atoms with E-state index in [1.165, 1.54) is 5.56 Å². The summed E-state index contributed by atoms with van der Waals surface area (Å²) in [7, 11) is -3.04. The van der Waals surface area contributed by atoms with E-state index < -0.39 is 15.7 Å². The smallest absolute Gasteiger partial charge is 0.272 e. The average molecular weight is 374 g/mol. The van der Waals surface area contributed by atoms with Gasteiger partial charge in [-0.1, -0.05) is 32.0 Å². The predicted octanol–water partition coefficient (Wildman–Crippen LogP) is 2.26. The summed E-state index contributed by atoms with van der Waals surface area (Å²) in [6, 6.07) is 10.9. The van der Waals surface area contributed by atoms with Crippen molar-refractivity contribution in [3.63, 3.8) is 0 Å². The number of hydrogen-bond acceptors (Lipinski definition) is 6. The van der Waals surface area contributed by atoms with Crippen LogP contribution in [0.3, 0.4) is 0 Å². The number of carbonyl (C=O) groups is 1. The highest BCUT2D eigenvalue weighted by Crippen LogP contribution is 2.25. The van der Waals surface area contributed by atoms with Gasteiger partial charge >= 0.3 is 0 Å². The van der Waals surface area contributed by atoms with Crippen LogP contribution in [0.25, 0.3) is 0 Å². The quantitative estimate of drug-likeness (QED) is 0.832. The molecule has 7 nitrogen and oxygen atoms in total. The van der Waals surface area contributed by atoms with Gasteiger partial charge in [0.2, 0.25) is 0 Å². The van der Waals surface area contributed by atoms with Gasteiger partial charge in [0.15, 0.2) is 21.3 Å². The number of sulfone groups is 1. The number of carbonyl (C=O) groups excluding carboxylic acids is 1. The van der Waals surface area contributed by atoms with Crippen LogP contribution in [-0.4, -0.2) is 42.1 Å². The molecule has 1 unspecified atom stereocenters. The molecule has 2 aromatic rings. The molecule has 138 valence electrons. The van der Waals surface area contributed by atoms with Crippen LogP contribution in [0.1, 0.15) is 42.2 Å². The molecule has 3 rings (SSSR count). The minimum absolute atomic E-state index is 0.0161. The van der Waals surface area contributed by atoms with E-state index in [1.807, 2.05) is 18.2 Å². The molecule has 1 aromatic carbocycles. The van der Waals surface area contributed by atoms with Crippen molar-refractivity contribution in [1.82, 2.24) is 15.5 Å². The Balaban J connectivity index is 1.66. The van der Waals surface area contributed by atoms with Gasteiger partial charge in [-0.3, -0.25) is 4.79 Å². The van der Waals surface area contributed by atoms with Gasteiger partial charge < -0.3 is 10.6 Å². The Morgan fingerprint density at radius 1 is 1.15 bits per heavy atom. The Hall–Kier alpha value is -2.48. The summed E-state index contributed by atoms with van der Waals surface area (Å²) < 4.78 is 22.9. The molecule has 1 aliphatic heterocycles. The molecule has 2 heterocycles. The molecule has 26 heavy (non-hydrogen) atoms. The summed E-state index contributed by atoms with van der Waals surface area (Å²) in [6.07, 6.45) is 0.438. The first kappa shape index (κ1) is 18.3. The van der Waals surface area contributed by atoms with Gasteiger partial charge in [0, 0.05) is 11.7 Å². The first-order chi connectivity index (χ1) is 12.3. The van der Waals surface area contributed by atoms with E-state index in [9.17, 15) is 13.2 Å². The lowest BCUT2D eigenvalue weighted by Gasteiger charge is -2.14. The van der Waals surface area contributed by atoms with Gasteiger partial charge in [0.05, 0.1) is 11.5 Å². The lowest BCUT2D eigenvalue weighted by Crippen LogP contribution is -2.36. The number of aromatic nitrogens is 2. The van der Waals surface area contributed by atoms with Crippen molar-refractivity contribution in [1.29, 1.82) is 0 Å². The third-order valence-electron chi connectivity index (χ3n) is 4.31. The molecular formula is C18H22N4O3S. The van der Waals surface area contributed by atoms with Crippen molar-refractivity contribution in [2.45, 2.75) is 32.2 Å². The van der Waals surface area contributed by atoms with Gasteiger partial charge in [-0.25, -0.2) is 8.42 Å². The normalized spacial score (nSPS) is 18.7. The number of nitrogens with zero attached hydrogens (tertiary/aromatic N) is 2. The Morgan fingerprint density at radius 2 is 1.92 bits per heavy atom. The maximum Gasteiger partial charge on any atom is 0.272 e. The van der Waals surface area contributed by atoms with Crippen LogP contribution in [0.2, 0.25) is 0 Å². The van der Waals surface area contributed by atoms with Crippen LogP contribution < -0.4 is 10.6 Å². The number of anilines is 2. The van der Waals surface area contributed by atoms with E-state index in [-0.39, 0.29) is 23.2 Å². The van der Waals surface area contributed by atoms with E-state index in [0.717, 1.165) is 5.69 Å². The van der Waals surface area contributed by atoms with Crippen LogP contribution in [0.4, 0.5) is 11.5 Å². The lowest BCUT2D eigenvalue weighted by atomic mass is 10.0. The second kappa shape index (κ2) is 7.41. The largest absolute Gasteiger partial charge is 0.347 e.